The summed E-state index contributed by atoms with van der Waals surface area (Å²) >= 11 is 0. The molecule has 1 atom stereocenters. The van der Waals surface area contributed by atoms with Gasteiger partial charge in [-0.3, -0.25) is 0 Å². The van der Waals surface area contributed by atoms with E-state index in [1.54, 1.807) is 11.9 Å². The predicted molar refractivity (Wildman–Crippen MR) is 65.0 cm³/mol. The Bertz CT molecular complexity index is 324. The largest absolute Gasteiger partial charge is 0.334 e. The van der Waals surface area contributed by atoms with Crippen LogP contribution < -0.4 is 11.1 Å². The number of benzene rings is 1. The highest BCUT2D eigenvalue weighted by Gasteiger charge is 2.08. The molecule has 0 saturated heterocycles. The summed E-state index contributed by atoms with van der Waals surface area (Å²) in [5.41, 5.74) is 6.70. The summed E-state index contributed by atoms with van der Waals surface area (Å²) in [6.45, 7) is 2.98. The fourth-order valence-corrected chi connectivity index (χ4v) is 1.42. The third kappa shape index (κ3) is 4.31. The monoisotopic (exact) mass is 221 g/mol. The minimum Gasteiger partial charge on any atom is -0.334 e. The molecule has 0 aliphatic heterocycles. The molecule has 1 aromatic rings. The van der Waals surface area contributed by atoms with Crippen molar-refractivity contribution in [2.75, 3.05) is 13.6 Å². The Morgan fingerprint density at radius 1 is 1.44 bits per heavy atom. The van der Waals surface area contributed by atoms with Crippen molar-refractivity contribution in [2.45, 2.75) is 19.5 Å². The lowest BCUT2D eigenvalue weighted by Gasteiger charge is -2.19. The van der Waals surface area contributed by atoms with E-state index in [1.165, 1.54) is 0 Å². The lowest BCUT2D eigenvalue weighted by Crippen LogP contribution is -2.42. The zero-order chi connectivity index (χ0) is 12.0. The first-order chi connectivity index (χ1) is 7.59. The van der Waals surface area contributed by atoms with Crippen molar-refractivity contribution in [3.8, 4) is 0 Å². The van der Waals surface area contributed by atoms with Crippen LogP contribution in [-0.4, -0.2) is 30.6 Å². The van der Waals surface area contributed by atoms with Crippen molar-refractivity contribution in [1.29, 1.82) is 0 Å². The second kappa shape index (κ2) is 6.12. The van der Waals surface area contributed by atoms with Crippen LogP contribution in [-0.2, 0) is 6.54 Å². The molecule has 0 radical (unpaired) electrons. The first-order valence-electron chi connectivity index (χ1n) is 5.38. The standard InChI is InChI=1S/C12H19N3O/c1-10(13)9-15(2)12(16)14-8-11-6-4-3-5-7-11/h3-7,10H,8-9,13H2,1-2H3,(H,14,16). The summed E-state index contributed by atoms with van der Waals surface area (Å²) in [6.07, 6.45) is 0. The van der Waals surface area contributed by atoms with Crippen LogP contribution in [0.5, 0.6) is 0 Å². The number of rotatable bonds is 4. The van der Waals surface area contributed by atoms with Crippen molar-refractivity contribution >= 4 is 6.03 Å². The molecule has 16 heavy (non-hydrogen) atoms. The number of carbonyl (C=O) groups is 1. The second-order valence-electron chi connectivity index (χ2n) is 4.00. The molecule has 0 aromatic heterocycles. The summed E-state index contributed by atoms with van der Waals surface area (Å²) in [7, 11) is 1.74. The van der Waals surface area contributed by atoms with Gasteiger partial charge < -0.3 is 16.0 Å². The van der Waals surface area contributed by atoms with Gasteiger partial charge in [0.15, 0.2) is 0 Å². The average Bonchev–Trinajstić information content (AvgIpc) is 2.26. The molecular formula is C12H19N3O. The summed E-state index contributed by atoms with van der Waals surface area (Å²) in [6, 6.07) is 9.71. The fourth-order valence-electron chi connectivity index (χ4n) is 1.42. The molecule has 4 nitrogen and oxygen atoms in total. The van der Waals surface area contributed by atoms with E-state index in [9.17, 15) is 4.79 Å². The lowest BCUT2D eigenvalue weighted by molar-refractivity contribution is 0.206. The Kier molecular flexibility index (Phi) is 4.79. The first kappa shape index (κ1) is 12.5. The van der Waals surface area contributed by atoms with Gasteiger partial charge in [-0.25, -0.2) is 4.79 Å². The van der Waals surface area contributed by atoms with Crippen LogP contribution >= 0.6 is 0 Å². The SMILES string of the molecule is CC(N)CN(C)C(=O)NCc1ccccc1. The molecule has 2 amide bonds. The summed E-state index contributed by atoms with van der Waals surface area (Å²) < 4.78 is 0. The zero-order valence-corrected chi connectivity index (χ0v) is 9.81. The van der Waals surface area contributed by atoms with Crippen molar-refractivity contribution < 1.29 is 4.79 Å². The van der Waals surface area contributed by atoms with Crippen LogP contribution in [0.15, 0.2) is 30.3 Å². The highest BCUT2D eigenvalue weighted by molar-refractivity contribution is 5.73. The van der Waals surface area contributed by atoms with Gasteiger partial charge in [0.25, 0.3) is 0 Å². The molecule has 1 rings (SSSR count). The van der Waals surface area contributed by atoms with Crippen molar-refractivity contribution in [3.05, 3.63) is 35.9 Å². The van der Waals surface area contributed by atoms with Crippen LogP contribution in [0.1, 0.15) is 12.5 Å². The topological polar surface area (TPSA) is 58.4 Å². The minimum atomic E-state index is -0.0962. The summed E-state index contributed by atoms with van der Waals surface area (Å²) in [4.78, 5) is 13.2. The number of carbonyl (C=O) groups excluding carboxylic acids is 1. The Hall–Kier alpha value is -1.55. The second-order valence-corrected chi connectivity index (χ2v) is 4.00. The number of hydrogen-bond acceptors (Lipinski definition) is 2. The van der Waals surface area contributed by atoms with Crippen LogP contribution in [0.2, 0.25) is 0 Å². The van der Waals surface area contributed by atoms with Crippen LogP contribution in [0, 0.1) is 0 Å². The number of nitrogens with zero attached hydrogens (tertiary/aromatic N) is 1. The van der Waals surface area contributed by atoms with Gasteiger partial charge in [-0.15, -0.1) is 0 Å². The molecule has 0 fully saturated rings. The lowest BCUT2D eigenvalue weighted by atomic mass is 10.2. The maximum atomic E-state index is 11.6. The van der Waals surface area contributed by atoms with Gasteiger partial charge in [-0.05, 0) is 12.5 Å². The van der Waals surface area contributed by atoms with E-state index >= 15 is 0 Å². The first-order valence-corrected chi connectivity index (χ1v) is 5.38. The third-order valence-electron chi connectivity index (χ3n) is 2.20. The predicted octanol–water partition coefficient (Wildman–Crippen LogP) is 1.18. The van der Waals surface area contributed by atoms with E-state index in [1.807, 2.05) is 37.3 Å². The summed E-state index contributed by atoms with van der Waals surface area (Å²) in [5.74, 6) is 0. The number of hydrogen-bond donors (Lipinski definition) is 2. The number of amides is 2. The molecule has 1 aromatic carbocycles. The van der Waals surface area contributed by atoms with Gasteiger partial charge in [0.1, 0.15) is 0 Å². The third-order valence-corrected chi connectivity index (χ3v) is 2.20. The van der Waals surface area contributed by atoms with E-state index < -0.39 is 0 Å². The molecule has 0 bridgehead atoms. The smallest absolute Gasteiger partial charge is 0.317 e. The van der Waals surface area contributed by atoms with Crippen molar-refractivity contribution in [2.24, 2.45) is 5.73 Å². The van der Waals surface area contributed by atoms with Crippen molar-refractivity contribution in [3.63, 3.8) is 0 Å². The van der Waals surface area contributed by atoms with Gasteiger partial charge in [0.2, 0.25) is 0 Å². The van der Waals surface area contributed by atoms with E-state index in [0.717, 1.165) is 5.56 Å². The van der Waals surface area contributed by atoms with Gasteiger partial charge in [-0.2, -0.15) is 0 Å². The molecular weight excluding hydrogens is 202 g/mol. The van der Waals surface area contributed by atoms with Crippen LogP contribution in [0.25, 0.3) is 0 Å². The molecule has 4 heteroatoms. The molecule has 0 aliphatic carbocycles. The Labute approximate surface area is 96.4 Å². The zero-order valence-electron chi connectivity index (χ0n) is 9.81. The normalized spacial score (nSPS) is 11.9. The molecule has 0 heterocycles. The van der Waals surface area contributed by atoms with Gasteiger partial charge in [-0.1, -0.05) is 30.3 Å². The van der Waals surface area contributed by atoms with Crippen LogP contribution in [0.4, 0.5) is 4.79 Å². The summed E-state index contributed by atoms with van der Waals surface area (Å²) in [5, 5.41) is 2.84. The van der Waals surface area contributed by atoms with Crippen molar-refractivity contribution in [1.82, 2.24) is 10.2 Å². The Balaban J connectivity index is 2.35. The quantitative estimate of drug-likeness (QED) is 0.802. The Morgan fingerprint density at radius 3 is 2.62 bits per heavy atom. The van der Waals surface area contributed by atoms with Gasteiger partial charge in [0.05, 0.1) is 0 Å². The number of urea groups is 1. The highest BCUT2D eigenvalue weighted by atomic mass is 16.2. The van der Waals surface area contributed by atoms with E-state index in [4.69, 9.17) is 5.73 Å². The van der Waals surface area contributed by atoms with E-state index in [-0.39, 0.29) is 12.1 Å². The number of nitrogens with one attached hydrogen (secondary N) is 1. The highest BCUT2D eigenvalue weighted by Crippen LogP contribution is 1.97. The molecule has 3 N–H and O–H groups in total. The minimum absolute atomic E-state index is 0.00697. The van der Waals surface area contributed by atoms with E-state index in [0.29, 0.717) is 13.1 Å². The number of likely N-dealkylation sites (N-methyl/N-ethyl adjacent to an activating group) is 1. The van der Waals surface area contributed by atoms with E-state index in [2.05, 4.69) is 5.32 Å². The molecule has 0 saturated carbocycles. The maximum Gasteiger partial charge on any atom is 0.317 e. The number of nitrogens with two attached hydrogens (primary N) is 1. The molecule has 0 aliphatic rings. The molecule has 1 unspecified atom stereocenters. The van der Waals surface area contributed by atoms with Gasteiger partial charge in [0, 0.05) is 26.2 Å². The molecule has 88 valence electrons. The van der Waals surface area contributed by atoms with Gasteiger partial charge >= 0.3 is 6.03 Å². The fraction of sp³-hybridized carbons (Fsp3) is 0.417. The Morgan fingerprint density at radius 2 is 2.06 bits per heavy atom. The maximum absolute atomic E-state index is 11.6. The van der Waals surface area contributed by atoms with Crippen LogP contribution in [0.3, 0.4) is 0 Å². The molecule has 0 spiro atoms. The average molecular weight is 221 g/mol.